The van der Waals surface area contributed by atoms with Crippen LogP contribution in [-0.4, -0.2) is 35.5 Å². The van der Waals surface area contributed by atoms with Crippen molar-refractivity contribution in [3.8, 4) is 5.75 Å². The number of thiocarbonyl (C=S) groups is 1. The fraction of sp³-hybridized carbons (Fsp3) is 0.115. The predicted molar refractivity (Wildman–Crippen MR) is 135 cm³/mol. The van der Waals surface area contributed by atoms with Crippen LogP contribution in [0.1, 0.15) is 11.1 Å². The van der Waals surface area contributed by atoms with E-state index in [2.05, 4.69) is 0 Å². The summed E-state index contributed by atoms with van der Waals surface area (Å²) in [6.45, 7) is -0.253. The highest BCUT2D eigenvalue weighted by atomic mass is 35.5. The molecule has 0 aliphatic carbocycles. The SMILES string of the molecule is COC(=O)CN1C(=S)N(c2ccc(Cl)cc2)C(=O)/C1=C/c1ccccc1OCc1ccccc1F. The Hall–Kier alpha value is -3.75. The van der Waals surface area contributed by atoms with Gasteiger partial charge in [0.15, 0.2) is 5.11 Å². The lowest BCUT2D eigenvalue weighted by atomic mass is 10.1. The van der Waals surface area contributed by atoms with Crippen LogP contribution in [0, 0.1) is 5.82 Å². The van der Waals surface area contributed by atoms with Crippen molar-refractivity contribution in [1.82, 2.24) is 4.90 Å². The quantitative estimate of drug-likeness (QED) is 0.247. The number of methoxy groups -OCH3 is 1. The molecule has 1 aliphatic rings. The van der Waals surface area contributed by atoms with Gasteiger partial charge >= 0.3 is 5.97 Å². The van der Waals surface area contributed by atoms with Gasteiger partial charge in [0.25, 0.3) is 5.91 Å². The van der Waals surface area contributed by atoms with E-state index in [0.29, 0.717) is 27.6 Å². The number of nitrogens with zero attached hydrogens (tertiary/aromatic N) is 2. The molecule has 6 nitrogen and oxygen atoms in total. The molecule has 4 rings (SSSR count). The number of hydrogen-bond acceptors (Lipinski definition) is 5. The molecule has 0 radical (unpaired) electrons. The number of amides is 1. The van der Waals surface area contributed by atoms with Gasteiger partial charge in [-0.05, 0) is 54.7 Å². The fourth-order valence-electron chi connectivity index (χ4n) is 3.49. The average Bonchev–Trinajstić information content (AvgIpc) is 3.08. The van der Waals surface area contributed by atoms with Crippen molar-refractivity contribution in [2.75, 3.05) is 18.6 Å². The molecule has 0 aromatic heterocycles. The number of anilines is 1. The van der Waals surface area contributed by atoms with Crippen molar-refractivity contribution in [1.29, 1.82) is 0 Å². The molecule has 0 atom stereocenters. The summed E-state index contributed by atoms with van der Waals surface area (Å²) in [5.41, 5.74) is 1.63. The summed E-state index contributed by atoms with van der Waals surface area (Å²) >= 11 is 11.5. The number of carbonyl (C=O) groups is 2. The third-order valence-corrected chi connectivity index (χ3v) is 5.94. The van der Waals surface area contributed by atoms with Crippen molar-refractivity contribution in [3.63, 3.8) is 0 Å². The first-order chi connectivity index (χ1) is 16.9. The third kappa shape index (κ3) is 5.34. The summed E-state index contributed by atoms with van der Waals surface area (Å²) in [7, 11) is 1.26. The van der Waals surface area contributed by atoms with E-state index in [9.17, 15) is 14.0 Å². The molecule has 35 heavy (non-hydrogen) atoms. The number of benzene rings is 3. The molecule has 0 spiro atoms. The van der Waals surface area contributed by atoms with Crippen LogP contribution < -0.4 is 9.64 Å². The first-order valence-electron chi connectivity index (χ1n) is 10.5. The second kappa shape index (κ2) is 10.7. The summed E-state index contributed by atoms with van der Waals surface area (Å²) in [6.07, 6.45) is 1.59. The number of halogens is 2. The van der Waals surface area contributed by atoms with E-state index in [-0.39, 0.29) is 29.8 Å². The summed E-state index contributed by atoms with van der Waals surface area (Å²) in [5, 5.41) is 0.633. The molecule has 1 saturated heterocycles. The standard InChI is InChI=1S/C26H20ClFN2O4S/c1-33-24(31)15-29-22(25(32)30(26(29)35)20-12-10-19(27)11-13-20)14-17-6-3-5-9-23(17)34-16-18-7-2-4-8-21(18)28/h2-14H,15-16H2,1H3/b22-14-. The first kappa shape index (κ1) is 24.4. The first-order valence-corrected chi connectivity index (χ1v) is 11.3. The Morgan fingerprint density at radius 1 is 1.06 bits per heavy atom. The minimum absolute atomic E-state index is 0.00198. The highest BCUT2D eigenvalue weighted by Gasteiger charge is 2.40. The van der Waals surface area contributed by atoms with Gasteiger partial charge in [-0.3, -0.25) is 14.5 Å². The van der Waals surface area contributed by atoms with Crippen molar-refractivity contribution >= 4 is 52.6 Å². The summed E-state index contributed by atoms with van der Waals surface area (Å²) in [6, 6.07) is 20.0. The van der Waals surface area contributed by atoms with Crippen LogP contribution in [0.15, 0.2) is 78.5 Å². The molecule has 178 valence electrons. The van der Waals surface area contributed by atoms with Crippen LogP contribution in [0.3, 0.4) is 0 Å². The zero-order valence-electron chi connectivity index (χ0n) is 18.6. The van der Waals surface area contributed by atoms with Gasteiger partial charge in [-0.2, -0.15) is 0 Å². The van der Waals surface area contributed by atoms with Crippen molar-refractivity contribution in [2.24, 2.45) is 0 Å². The molecular weight excluding hydrogens is 491 g/mol. The molecule has 3 aromatic rings. The highest BCUT2D eigenvalue weighted by molar-refractivity contribution is 7.80. The number of ether oxygens (including phenoxy) is 2. The minimum atomic E-state index is -0.562. The van der Waals surface area contributed by atoms with Gasteiger partial charge in [-0.1, -0.05) is 48.0 Å². The Kier molecular flexibility index (Phi) is 7.43. The zero-order chi connectivity index (χ0) is 24.9. The van der Waals surface area contributed by atoms with E-state index in [0.717, 1.165) is 0 Å². The van der Waals surface area contributed by atoms with Crippen molar-refractivity contribution < 1.29 is 23.5 Å². The van der Waals surface area contributed by atoms with Gasteiger partial charge in [0.1, 0.15) is 30.4 Å². The maximum Gasteiger partial charge on any atom is 0.325 e. The normalized spacial score (nSPS) is 14.5. The molecule has 0 N–H and O–H groups in total. The topological polar surface area (TPSA) is 59.1 Å². The van der Waals surface area contributed by atoms with E-state index in [1.54, 1.807) is 72.8 Å². The molecule has 1 heterocycles. The maximum absolute atomic E-state index is 14.0. The number of hydrogen-bond donors (Lipinski definition) is 0. The van der Waals surface area contributed by atoms with Gasteiger partial charge in [-0.15, -0.1) is 0 Å². The Morgan fingerprint density at radius 3 is 2.46 bits per heavy atom. The smallest absolute Gasteiger partial charge is 0.325 e. The van der Waals surface area contributed by atoms with Crippen molar-refractivity contribution in [3.05, 3.63) is 100 Å². The predicted octanol–water partition coefficient (Wildman–Crippen LogP) is 5.21. The van der Waals surface area contributed by atoms with Gasteiger partial charge in [0, 0.05) is 16.1 Å². The van der Waals surface area contributed by atoms with E-state index in [1.807, 2.05) is 0 Å². The van der Waals surface area contributed by atoms with Crippen LogP contribution in [0.5, 0.6) is 5.75 Å². The van der Waals surface area contributed by atoms with E-state index < -0.39 is 11.9 Å². The molecule has 3 aromatic carbocycles. The molecule has 1 aliphatic heterocycles. The molecule has 9 heteroatoms. The third-order valence-electron chi connectivity index (χ3n) is 5.29. The lowest BCUT2D eigenvalue weighted by Crippen LogP contribution is -2.35. The summed E-state index contributed by atoms with van der Waals surface area (Å²) in [4.78, 5) is 28.3. The molecule has 0 bridgehead atoms. The summed E-state index contributed by atoms with van der Waals surface area (Å²) < 4.78 is 24.7. The van der Waals surface area contributed by atoms with Gasteiger partial charge in [-0.25, -0.2) is 4.39 Å². The van der Waals surface area contributed by atoms with E-state index in [1.165, 1.54) is 23.0 Å². The Morgan fingerprint density at radius 2 is 1.74 bits per heavy atom. The van der Waals surface area contributed by atoms with Crippen LogP contribution in [0.2, 0.25) is 5.02 Å². The monoisotopic (exact) mass is 510 g/mol. The second-order valence-corrected chi connectivity index (χ2v) is 8.31. The van der Waals surface area contributed by atoms with E-state index >= 15 is 0 Å². The van der Waals surface area contributed by atoms with Gasteiger partial charge in [0.2, 0.25) is 0 Å². The molecule has 0 unspecified atom stereocenters. The summed E-state index contributed by atoms with van der Waals surface area (Å²) in [5.74, 6) is -0.925. The Labute approximate surface area is 212 Å². The molecule has 0 saturated carbocycles. The number of esters is 1. The van der Waals surface area contributed by atoms with Crippen LogP contribution in [-0.2, 0) is 20.9 Å². The maximum atomic E-state index is 14.0. The lowest BCUT2D eigenvalue weighted by molar-refractivity contribution is -0.140. The number of carbonyl (C=O) groups excluding carboxylic acids is 2. The van der Waals surface area contributed by atoms with Crippen molar-refractivity contribution in [2.45, 2.75) is 6.61 Å². The van der Waals surface area contributed by atoms with Crippen LogP contribution in [0.25, 0.3) is 6.08 Å². The zero-order valence-corrected chi connectivity index (χ0v) is 20.2. The number of rotatable bonds is 7. The van der Waals surface area contributed by atoms with Crippen LogP contribution >= 0.6 is 23.8 Å². The molecule has 1 amide bonds. The molecule has 1 fully saturated rings. The highest BCUT2D eigenvalue weighted by Crippen LogP contribution is 2.32. The van der Waals surface area contributed by atoms with Gasteiger partial charge < -0.3 is 14.4 Å². The van der Waals surface area contributed by atoms with E-state index in [4.69, 9.17) is 33.3 Å². The lowest BCUT2D eigenvalue weighted by Gasteiger charge is -2.19. The van der Waals surface area contributed by atoms with Gasteiger partial charge in [0.05, 0.1) is 12.8 Å². The Balaban J connectivity index is 1.70. The van der Waals surface area contributed by atoms with Crippen LogP contribution in [0.4, 0.5) is 10.1 Å². The largest absolute Gasteiger partial charge is 0.488 e. The number of para-hydroxylation sites is 1. The minimum Gasteiger partial charge on any atom is -0.488 e. The molecular formula is C26H20ClFN2O4S. The average molecular weight is 511 g/mol. The second-order valence-electron chi connectivity index (χ2n) is 7.51. The fourth-order valence-corrected chi connectivity index (χ4v) is 3.97. The Bertz CT molecular complexity index is 1310.